The molecular weight excluding hydrogens is 365 g/mol. The third kappa shape index (κ3) is 3.90. The van der Waals surface area contributed by atoms with Crippen molar-refractivity contribution in [3.63, 3.8) is 0 Å². The van der Waals surface area contributed by atoms with Gasteiger partial charge < -0.3 is 19.5 Å². The summed E-state index contributed by atoms with van der Waals surface area (Å²) in [5.41, 5.74) is 1.68. The largest absolute Gasteiger partial charge is 0.496 e. The summed E-state index contributed by atoms with van der Waals surface area (Å²) in [5.74, 6) is 0.937. The zero-order valence-corrected chi connectivity index (χ0v) is 15.7. The van der Waals surface area contributed by atoms with Gasteiger partial charge in [-0.15, -0.1) is 0 Å². The molecule has 1 aromatic heterocycles. The molecule has 1 N–H and O–H groups in total. The summed E-state index contributed by atoms with van der Waals surface area (Å²) in [5, 5.41) is 2.84. The van der Waals surface area contributed by atoms with E-state index in [4.69, 9.17) is 14.2 Å². The molecule has 0 unspecified atom stereocenters. The molecule has 0 aliphatic rings. The second-order valence-corrected chi connectivity index (χ2v) is 5.83. The van der Waals surface area contributed by atoms with Crippen LogP contribution in [0.25, 0.3) is 5.69 Å². The van der Waals surface area contributed by atoms with E-state index in [2.05, 4.69) is 10.3 Å². The maximum Gasteiger partial charge on any atom is 0.270 e. The van der Waals surface area contributed by atoms with Gasteiger partial charge in [0.15, 0.2) is 11.5 Å². The summed E-state index contributed by atoms with van der Waals surface area (Å²) in [6.45, 7) is 0.205. The number of carbonyl (C=O) groups excluding carboxylic acids is 1. The van der Waals surface area contributed by atoms with Crippen LogP contribution in [0.4, 0.5) is 4.39 Å². The highest BCUT2D eigenvalue weighted by Crippen LogP contribution is 2.34. The molecule has 0 aliphatic heterocycles. The van der Waals surface area contributed by atoms with Gasteiger partial charge in [-0.1, -0.05) is 0 Å². The van der Waals surface area contributed by atoms with Crippen molar-refractivity contribution in [2.45, 2.75) is 6.54 Å². The molecule has 0 aliphatic carbocycles. The number of aromatic nitrogens is 2. The Bertz CT molecular complexity index is 970. The predicted octanol–water partition coefficient (Wildman–Crippen LogP) is 2.97. The molecule has 0 atom stereocenters. The summed E-state index contributed by atoms with van der Waals surface area (Å²) in [7, 11) is 4.61. The molecule has 28 heavy (non-hydrogen) atoms. The van der Waals surface area contributed by atoms with Crippen molar-refractivity contribution in [1.82, 2.24) is 14.9 Å². The van der Waals surface area contributed by atoms with Crippen molar-refractivity contribution >= 4 is 5.91 Å². The van der Waals surface area contributed by atoms with Crippen LogP contribution >= 0.6 is 0 Å². The molecule has 0 saturated heterocycles. The van der Waals surface area contributed by atoms with Crippen LogP contribution in [0.2, 0.25) is 0 Å². The molecule has 1 heterocycles. The molecule has 0 saturated carbocycles. The highest BCUT2D eigenvalue weighted by molar-refractivity contribution is 5.93. The number of halogens is 1. The fraction of sp³-hybridized carbons (Fsp3) is 0.200. The lowest BCUT2D eigenvalue weighted by Gasteiger charge is -2.15. The van der Waals surface area contributed by atoms with Crippen molar-refractivity contribution in [3.8, 4) is 22.9 Å². The standard InChI is InChI=1S/C20H20FN3O4/c1-26-17-9-19(28-3)18(27-2)8-13(17)10-23-20(25)16-11-22-12-24(16)15-6-4-14(21)5-7-15/h4-9,11-12H,10H2,1-3H3,(H,23,25). The van der Waals surface area contributed by atoms with Gasteiger partial charge >= 0.3 is 0 Å². The molecule has 3 rings (SSSR count). The Morgan fingerprint density at radius 2 is 1.68 bits per heavy atom. The molecule has 3 aromatic rings. The Hall–Kier alpha value is -3.55. The normalized spacial score (nSPS) is 10.4. The lowest BCUT2D eigenvalue weighted by molar-refractivity contribution is 0.0944. The summed E-state index contributed by atoms with van der Waals surface area (Å²) >= 11 is 0. The highest BCUT2D eigenvalue weighted by Gasteiger charge is 2.16. The van der Waals surface area contributed by atoms with Crippen LogP contribution in [0.15, 0.2) is 48.9 Å². The van der Waals surface area contributed by atoms with E-state index in [-0.39, 0.29) is 18.3 Å². The number of methoxy groups -OCH3 is 3. The first-order chi connectivity index (χ1) is 13.6. The highest BCUT2D eigenvalue weighted by atomic mass is 19.1. The topological polar surface area (TPSA) is 74.6 Å². The van der Waals surface area contributed by atoms with Crippen molar-refractivity contribution in [2.24, 2.45) is 0 Å². The maximum atomic E-state index is 13.1. The summed E-state index contributed by atoms with van der Waals surface area (Å²) < 4.78 is 30.7. The van der Waals surface area contributed by atoms with Crippen molar-refractivity contribution in [2.75, 3.05) is 21.3 Å². The second-order valence-electron chi connectivity index (χ2n) is 5.83. The lowest BCUT2D eigenvalue weighted by Crippen LogP contribution is -2.25. The smallest absolute Gasteiger partial charge is 0.270 e. The van der Waals surface area contributed by atoms with Crippen molar-refractivity contribution in [3.05, 3.63) is 66.0 Å². The van der Waals surface area contributed by atoms with E-state index >= 15 is 0 Å². The molecule has 2 aromatic carbocycles. The van der Waals surface area contributed by atoms with Gasteiger partial charge in [0.2, 0.25) is 0 Å². The predicted molar refractivity (Wildman–Crippen MR) is 101 cm³/mol. The number of benzene rings is 2. The number of imidazole rings is 1. The molecule has 7 nitrogen and oxygen atoms in total. The van der Waals surface area contributed by atoms with E-state index in [1.165, 1.54) is 46.0 Å². The second kappa shape index (κ2) is 8.43. The van der Waals surface area contributed by atoms with Crippen LogP contribution in [0.5, 0.6) is 17.2 Å². The fourth-order valence-corrected chi connectivity index (χ4v) is 2.77. The summed E-state index contributed by atoms with van der Waals surface area (Å²) in [4.78, 5) is 16.7. The van der Waals surface area contributed by atoms with Crippen LogP contribution < -0.4 is 19.5 Å². The number of hydrogen-bond donors (Lipinski definition) is 1. The van der Waals surface area contributed by atoms with Gasteiger partial charge in [-0.05, 0) is 30.3 Å². The van der Waals surface area contributed by atoms with Gasteiger partial charge in [-0.3, -0.25) is 9.36 Å². The number of ether oxygens (including phenoxy) is 3. The lowest BCUT2D eigenvalue weighted by atomic mass is 10.1. The quantitative estimate of drug-likeness (QED) is 0.677. The molecular formula is C20H20FN3O4. The summed E-state index contributed by atoms with van der Waals surface area (Å²) in [6, 6.07) is 9.24. The maximum absolute atomic E-state index is 13.1. The number of nitrogens with one attached hydrogen (secondary N) is 1. The first kappa shape index (κ1) is 19.2. The number of rotatable bonds is 7. The van der Waals surface area contributed by atoms with Gasteiger partial charge in [0.25, 0.3) is 5.91 Å². The average Bonchev–Trinajstić information content (AvgIpc) is 3.21. The van der Waals surface area contributed by atoms with Gasteiger partial charge in [0.05, 0.1) is 33.9 Å². The monoisotopic (exact) mass is 385 g/mol. The minimum absolute atomic E-state index is 0.205. The van der Waals surface area contributed by atoms with Gasteiger partial charge in [0, 0.05) is 23.9 Å². The zero-order valence-electron chi connectivity index (χ0n) is 15.7. The van der Waals surface area contributed by atoms with E-state index in [1.54, 1.807) is 28.8 Å². The van der Waals surface area contributed by atoms with E-state index < -0.39 is 0 Å². The Balaban J connectivity index is 1.80. The third-order valence-corrected chi connectivity index (χ3v) is 4.20. The summed E-state index contributed by atoms with van der Waals surface area (Å²) in [6.07, 6.45) is 2.95. The van der Waals surface area contributed by atoms with Crippen molar-refractivity contribution < 1.29 is 23.4 Å². The van der Waals surface area contributed by atoms with Gasteiger partial charge in [0.1, 0.15) is 17.3 Å². The number of nitrogens with zero attached hydrogens (tertiary/aromatic N) is 2. The van der Waals surface area contributed by atoms with Crippen LogP contribution in [-0.4, -0.2) is 36.8 Å². The van der Waals surface area contributed by atoms with E-state index in [1.807, 2.05) is 0 Å². The van der Waals surface area contributed by atoms with Crippen LogP contribution in [0.1, 0.15) is 16.1 Å². The number of hydrogen-bond acceptors (Lipinski definition) is 5. The fourth-order valence-electron chi connectivity index (χ4n) is 2.77. The average molecular weight is 385 g/mol. The Labute approximate surface area is 161 Å². The van der Waals surface area contributed by atoms with Crippen molar-refractivity contribution in [1.29, 1.82) is 0 Å². The molecule has 1 amide bonds. The van der Waals surface area contributed by atoms with E-state index in [0.717, 1.165) is 5.56 Å². The molecule has 0 bridgehead atoms. The van der Waals surface area contributed by atoms with Gasteiger partial charge in [-0.25, -0.2) is 9.37 Å². The first-order valence-electron chi connectivity index (χ1n) is 8.42. The van der Waals surface area contributed by atoms with E-state index in [0.29, 0.717) is 28.6 Å². The SMILES string of the molecule is COc1cc(OC)c(OC)cc1CNC(=O)c1cncn1-c1ccc(F)cc1. The minimum Gasteiger partial charge on any atom is -0.496 e. The first-order valence-corrected chi connectivity index (χ1v) is 8.42. The van der Waals surface area contributed by atoms with Crippen LogP contribution in [-0.2, 0) is 6.54 Å². The third-order valence-electron chi connectivity index (χ3n) is 4.20. The van der Waals surface area contributed by atoms with Gasteiger partial charge in [-0.2, -0.15) is 0 Å². The minimum atomic E-state index is -0.351. The number of amides is 1. The Morgan fingerprint density at radius 1 is 1.04 bits per heavy atom. The zero-order chi connectivity index (χ0) is 20.1. The molecule has 0 radical (unpaired) electrons. The molecule has 8 heteroatoms. The Kier molecular flexibility index (Phi) is 5.78. The molecule has 0 fully saturated rings. The number of carbonyl (C=O) groups is 1. The molecule has 0 spiro atoms. The molecule has 146 valence electrons. The van der Waals surface area contributed by atoms with Crippen LogP contribution in [0.3, 0.4) is 0 Å². The van der Waals surface area contributed by atoms with E-state index in [9.17, 15) is 9.18 Å². The Morgan fingerprint density at radius 3 is 2.32 bits per heavy atom. The van der Waals surface area contributed by atoms with Crippen LogP contribution in [0, 0.1) is 5.82 Å².